The summed E-state index contributed by atoms with van der Waals surface area (Å²) in [5, 5.41) is 28.8. The maximum atomic E-state index is 13.0. The van der Waals surface area contributed by atoms with Crippen LogP contribution in [0, 0.1) is 0 Å². The highest BCUT2D eigenvalue weighted by molar-refractivity contribution is 7.98. The summed E-state index contributed by atoms with van der Waals surface area (Å²) >= 11 is 1.45. The van der Waals surface area contributed by atoms with Crippen LogP contribution in [0.25, 0.3) is 0 Å². The molecule has 0 fully saturated rings. The van der Waals surface area contributed by atoms with Crippen molar-refractivity contribution in [3.8, 4) is 5.75 Å². The van der Waals surface area contributed by atoms with Crippen molar-refractivity contribution in [2.24, 2.45) is 5.73 Å². The summed E-state index contributed by atoms with van der Waals surface area (Å²) in [6, 6.07) is 11.0. The number of thioether (sulfide) groups is 1. The number of phenolic OH excluding ortho intramolecular Hbond substituents is 1. The number of aliphatic carboxylic acids is 1. The number of carbonyl (C=O) groups excluding carboxylic acids is 4. The molecule has 0 saturated carbocycles. The highest BCUT2D eigenvalue weighted by Gasteiger charge is 2.27. The molecule has 41 heavy (non-hydrogen) atoms. The number of amides is 4. The number of carboxylic acid groups (broad SMARTS) is 1. The lowest BCUT2D eigenvalue weighted by molar-refractivity contribution is -0.142. The molecule has 2 aromatic rings. The van der Waals surface area contributed by atoms with E-state index >= 15 is 0 Å². The fourth-order valence-corrected chi connectivity index (χ4v) is 4.23. The van der Waals surface area contributed by atoms with E-state index in [0.29, 0.717) is 5.75 Å². The Morgan fingerprint density at radius 3 is 2.07 bits per heavy atom. The molecule has 4 atom stereocenters. The van der Waals surface area contributed by atoms with Gasteiger partial charge < -0.3 is 37.2 Å². The predicted octanol–water partition coefficient (Wildman–Crippen LogP) is -0.0671. The molecule has 8 N–H and O–H groups in total. The number of benzene rings is 2. The molecule has 0 radical (unpaired) electrons. The first-order valence-electron chi connectivity index (χ1n) is 13.0. The third-order valence-electron chi connectivity index (χ3n) is 6.06. The summed E-state index contributed by atoms with van der Waals surface area (Å²) in [7, 11) is 0. The van der Waals surface area contributed by atoms with Gasteiger partial charge >= 0.3 is 5.97 Å². The zero-order chi connectivity index (χ0) is 30.4. The highest BCUT2D eigenvalue weighted by Crippen LogP contribution is 2.11. The monoisotopic (exact) mass is 587 g/mol. The second kappa shape index (κ2) is 16.9. The van der Waals surface area contributed by atoms with E-state index in [9.17, 15) is 34.2 Å². The SMILES string of the molecule is CSCC[C@@H](NC(=O)[C@@H](Cc1ccccc1)NC(=O)CNC(=O)[C@@H](C)NC(=O)[C@@H](N)Cc1ccc(O)cc1)C(=O)O. The lowest BCUT2D eigenvalue weighted by Crippen LogP contribution is -2.55. The van der Waals surface area contributed by atoms with Crippen molar-refractivity contribution in [3.63, 3.8) is 0 Å². The quantitative estimate of drug-likeness (QED) is 0.140. The molecule has 0 bridgehead atoms. The lowest BCUT2D eigenvalue weighted by atomic mass is 10.0. The Hall–Kier alpha value is -4.10. The van der Waals surface area contributed by atoms with Crippen LogP contribution in [0.2, 0.25) is 0 Å². The summed E-state index contributed by atoms with van der Waals surface area (Å²) in [6.07, 6.45) is 2.33. The summed E-state index contributed by atoms with van der Waals surface area (Å²) in [5.41, 5.74) is 7.41. The number of hydrogen-bond donors (Lipinski definition) is 7. The van der Waals surface area contributed by atoms with Crippen LogP contribution in [-0.4, -0.2) is 82.5 Å². The van der Waals surface area contributed by atoms with Gasteiger partial charge in [-0.2, -0.15) is 11.8 Å². The van der Waals surface area contributed by atoms with Gasteiger partial charge in [0.25, 0.3) is 0 Å². The van der Waals surface area contributed by atoms with Gasteiger partial charge in [-0.25, -0.2) is 4.79 Å². The molecule has 12 nitrogen and oxygen atoms in total. The lowest BCUT2D eigenvalue weighted by Gasteiger charge is -2.22. The molecule has 2 aromatic carbocycles. The average molecular weight is 588 g/mol. The first kappa shape index (κ1) is 33.1. The Labute approximate surface area is 242 Å². The molecule has 0 aromatic heterocycles. The maximum absolute atomic E-state index is 13.0. The molecular weight excluding hydrogens is 550 g/mol. The van der Waals surface area contributed by atoms with Crippen LogP contribution in [0.5, 0.6) is 5.75 Å². The Morgan fingerprint density at radius 2 is 1.46 bits per heavy atom. The fourth-order valence-electron chi connectivity index (χ4n) is 3.75. The zero-order valence-corrected chi connectivity index (χ0v) is 23.8. The van der Waals surface area contributed by atoms with Crippen molar-refractivity contribution < 1.29 is 34.2 Å². The normalized spacial score (nSPS) is 13.6. The van der Waals surface area contributed by atoms with Gasteiger partial charge in [0, 0.05) is 6.42 Å². The van der Waals surface area contributed by atoms with E-state index in [1.54, 1.807) is 42.5 Å². The minimum Gasteiger partial charge on any atom is -0.508 e. The topological polar surface area (TPSA) is 200 Å². The van der Waals surface area contributed by atoms with Crippen LogP contribution in [0.1, 0.15) is 24.5 Å². The molecule has 0 aliphatic carbocycles. The van der Waals surface area contributed by atoms with E-state index in [4.69, 9.17) is 5.73 Å². The summed E-state index contributed by atoms with van der Waals surface area (Å²) in [4.78, 5) is 62.2. The number of rotatable bonds is 16. The van der Waals surface area contributed by atoms with Crippen molar-refractivity contribution in [1.82, 2.24) is 21.3 Å². The Balaban J connectivity index is 1.93. The van der Waals surface area contributed by atoms with Gasteiger partial charge in [-0.3, -0.25) is 19.2 Å². The number of carbonyl (C=O) groups is 5. The van der Waals surface area contributed by atoms with E-state index in [-0.39, 0.29) is 25.0 Å². The van der Waals surface area contributed by atoms with Gasteiger partial charge in [0.1, 0.15) is 23.9 Å². The molecule has 0 spiro atoms. The number of phenols is 1. The van der Waals surface area contributed by atoms with Gasteiger partial charge in [0.05, 0.1) is 12.6 Å². The average Bonchev–Trinajstić information content (AvgIpc) is 2.94. The highest BCUT2D eigenvalue weighted by atomic mass is 32.2. The number of aromatic hydroxyl groups is 1. The second-order valence-electron chi connectivity index (χ2n) is 9.42. The molecule has 2 rings (SSSR count). The van der Waals surface area contributed by atoms with Crippen molar-refractivity contribution in [3.05, 3.63) is 65.7 Å². The van der Waals surface area contributed by atoms with Gasteiger partial charge in [-0.1, -0.05) is 42.5 Å². The van der Waals surface area contributed by atoms with Crippen LogP contribution >= 0.6 is 11.8 Å². The number of nitrogens with one attached hydrogen (secondary N) is 4. The molecular formula is C28H37N5O7S. The van der Waals surface area contributed by atoms with Crippen molar-refractivity contribution in [2.75, 3.05) is 18.6 Å². The summed E-state index contributed by atoms with van der Waals surface area (Å²) in [5.74, 6) is -3.11. The number of hydrogen-bond acceptors (Lipinski definition) is 8. The van der Waals surface area contributed by atoms with E-state index in [0.717, 1.165) is 11.1 Å². The first-order chi connectivity index (χ1) is 19.5. The minimum atomic E-state index is -1.18. The standard InChI is InChI=1S/C28H37N5O7S/c1-17(31-26(37)21(29)14-19-8-10-20(34)11-9-19)25(36)30-16-24(35)32-23(15-18-6-4-3-5-7-18)27(38)33-22(28(39)40)12-13-41-2/h3-11,17,21-23,34H,12-16,29H2,1-2H3,(H,30,36)(H,31,37)(H,32,35)(H,33,38)(H,39,40)/t17-,21+,22-,23-/m1/s1. The van der Waals surface area contributed by atoms with Gasteiger partial charge in [0.15, 0.2) is 0 Å². The van der Waals surface area contributed by atoms with E-state index < -0.39 is 60.3 Å². The molecule has 13 heteroatoms. The number of carboxylic acids is 1. The van der Waals surface area contributed by atoms with Crippen LogP contribution in [0.4, 0.5) is 0 Å². The molecule has 4 amide bonds. The predicted molar refractivity (Wildman–Crippen MR) is 155 cm³/mol. The molecule has 0 aliphatic rings. The van der Waals surface area contributed by atoms with E-state index in [1.165, 1.54) is 30.8 Å². The third kappa shape index (κ3) is 11.9. The summed E-state index contributed by atoms with van der Waals surface area (Å²) < 4.78 is 0. The van der Waals surface area contributed by atoms with Crippen LogP contribution in [0.15, 0.2) is 54.6 Å². The Bertz CT molecular complexity index is 1180. The molecule has 0 aliphatic heterocycles. The Morgan fingerprint density at radius 1 is 0.829 bits per heavy atom. The van der Waals surface area contributed by atoms with Crippen molar-refractivity contribution >= 4 is 41.4 Å². The van der Waals surface area contributed by atoms with Gasteiger partial charge in [0.2, 0.25) is 23.6 Å². The molecule has 222 valence electrons. The largest absolute Gasteiger partial charge is 0.508 e. The maximum Gasteiger partial charge on any atom is 0.326 e. The molecule has 0 saturated heterocycles. The van der Waals surface area contributed by atoms with Crippen LogP contribution < -0.4 is 27.0 Å². The van der Waals surface area contributed by atoms with Crippen molar-refractivity contribution in [2.45, 2.75) is 50.4 Å². The van der Waals surface area contributed by atoms with Gasteiger partial charge in [-0.05, 0) is 55.0 Å². The first-order valence-corrected chi connectivity index (χ1v) is 14.4. The van der Waals surface area contributed by atoms with Crippen molar-refractivity contribution in [1.29, 1.82) is 0 Å². The molecule has 0 unspecified atom stereocenters. The minimum absolute atomic E-state index is 0.0868. The smallest absolute Gasteiger partial charge is 0.326 e. The van der Waals surface area contributed by atoms with Gasteiger partial charge in [-0.15, -0.1) is 0 Å². The third-order valence-corrected chi connectivity index (χ3v) is 6.71. The zero-order valence-electron chi connectivity index (χ0n) is 23.0. The number of nitrogens with two attached hydrogens (primary N) is 1. The van der Waals surface area contributed by atoms with E-state index in [2.05, 4.69) is 21.3 Å². The van der Waals surface area contributed by atoms with Crippen LogP contribution in [0.3, 0.4) is 0 Å². The second-order valence-corrected chi connectivity index (χ2v) is 10.4. The fraction of sp³-hybridized carbons (Fsp3) is 0.393. The molecule has 0 heterocycles. The summed E-state index contributed by atoms with van der Waals surface area (Å²) in [6.45, 7) is 0.955. The van der Waals surface area contributed by atoms with E-state index in [1.807, 2.05) is 6.26 Å². The van der Waals surface area contributed by atoms with Crippen LogP contribution in [-0.2, 0) is 36.8 Å². The Kier molecular flexibility index (Phi) is 13.6.